The van der Waals surface area contributed by atoms with Crippen LogP contribution in [-0.2, 0) is 13.2 Å². The maximum atomic E-state index is 9.18. The number of aliphatic hydroxyl groups excluding tert-OH is 1. The number of benzene rings is 1. The normalized spacial score (nSPS) is 10.3. The van der Waals surface area contributed by atoms with Gasteiger partial charge in [-0.3, -0.25) is 4.98 Å². The Hall–Kier alpha value is -2.07. The lowest BCUT2D eigenvalue weighted by molar-refractivity contribution is 0.276. The summed E-state index contributed by atoms with van der Waals surface area (Å²) in [5.74, 6) is 0.853. The van der Waals surface area contributed by atoms with Crippen LogP contribution < -0.4 is 10.1 Å². The van der Waals surface area contributed by atoms with E-state index in [9.17, 15) is 5.11 Å². The lowest BCUT2D eigenvalue weighted by Gasteiger charge is -2.11. The molecule has 0 spiro atoms. The van der Waals surface area contributed by atoms with Crippen LogP contribution >= 0.6 is 0 Å². The van der Waals surface area contributed by atoms with E-state index in [1.807, 2.05) is 37.3 Å². The van der Waals surface area contributed by atoms with Gasteiger partial charge in [0, 0.05) is 18.4 Å². The van der Waals surface area contributed by atoms with Crippen LogP contribution in [0.15, 0.2) is 36.5 Å². The number of pyridine rings is 1. The van der Waals surface area contributed by atoms with Gasteiger partial charge in [-0.25, -0.2) is 0 Å². The van der Waals surface area contributed by atoms with E-state index in [1.54, 1.807) is 13.3 Å². The summed E-state index contributed by atoms with van der Waals surface area (Å²) in [5, 5.41) is 12.5. The van der Waals surface area contributed by atoms with E-state index in [0.717, 1.165) is 23.5 Å². The molecule has 1 aromatic carbocycles. The van der Waals surface area contributed by atoms with Crippen LogP contribution in [0.4, 0.5) is 5.69 Å². The van der Waals surface area contributed by atoms with Gasteiger partial charge in [0.05, 0.1) is 19.4 Å². The molecule has 4 nitrogen and oxygen atoms in total. The highest BCUT2D eigenvalue weighted by atomic mass is 16.5. The van der Waals surface area contributed by atoms with E-state index >= 15 is 0 Å². The Labute approximate surface area is 113 Å². The standard InChI is InChI=1S/C15H18N2O2/c1-11-14(7-8-16-15(11)10-18)17-9-12-3-5-13(19-2)6-4-12/h3-8,18H,9-10H2,1-2H3,(H,16,17). The minimum atomic E-state index is -0.0378. The second kappa shape index (κ2) is 6.20. The summed E-state index contributed by atoms with van der Waals surface area (Å²) in [5.41, 5.74) is 3.86. The monoisotopic (exact) mass is 258 g/mol. The van der Waals surface area contributed by atoms with Crippen molar-refractivity contribution in [3.8, 4) is 5.75 Å². The second-order valence-electron chi connectivity index (χ2n) is 4.29. The summed E-state index contributed by atoms with van der Waals surface area (Å²) in [4.78, 5) is 4.13. The molecule has 0 bridgehead atoms. The molecule has 0 atom stereocenters. The average molecular weight is 258 g/mol. The van der Waals surface area contributed by atoms with Crippen molar-refractivity contribution in [3.63, 3.8) is 0 Å². The van der Waals surface area contributed by atoms with Crippen molar-refractivity contribution in [1.82, 2.24) is 4.98 Å². The lowest BCUT2D eigenvalue weighted by Crippen LogP contribution is -2.04. The molecule has 0 saturated heterocycles. The molecule has 0 saturated carbocycles. The first-order chi connectivity index (χ1) is 9.24. The molecule has 1 heterocycles. The van der Waals surface area contributed by atoms with Crippen molar-refractivity contribution < 1.29 is 9.84 Å². The quantitative estimate of drug-likeness (QED) is 0.865. The first-order valence-electron chi connectivity index (χ1n) is 6.16. The molecule has 0 unspecified atom stereocenters. The third kappa shape index (κ3) is 3.23. The van der Waals surface area contributed by atoms with Crippen LogP contribution in [0.25, 0.3) is 0 Å². The van der Waals surface area contributed by atoms with Gasteiger partial charge in [-0.2, -0.15) is 0 Å². The molecule has 19 heavy (non-hydrogen) atoms. The first-order valence-corrected chi connectivity index (χ1v) is 6.16. The summed E-state index contributed by atoms with van der Waals surface area (Å²) in [6.45, 7) is 2.64. The zero-order valence-electron chi connectivity index (χ0n) is 11.2. The number of aromatic nitrogens is 1. The van der Waals surface area contributed by atoms with Gasteiger partial charge in [0.25, 0.3) is 0 Å². The van der Waals surface area contributed by atoms with Gasteiger partial charge < -0.3 is 15.2 Å². The minimum absolute atomic E-state index is 0.0378. The Morgan fingerprint density at radius 2 is 1.95 bits per heavy atom. The molecule has 2 aromatic rings. The number of methoxy groups -OCH3 is 1. The van der Waals surface area contributed by atoms with E-state index in [-0.39, 0.29) is 6.61 Å². The van der Waals surface area contributed by atoms with E-state index in [4.69, 9.17) is 4.74 Å². The Bertz CT molecular complexity index is 538. The van der Waals surface area contributed by atoms with Crippen LogP contribution in [0.2, 0.25) is 0 Å². The minimum Gasteiger partial charge on any atom is -0.497 e. The number of aliphatic hydroxyl groups is 1. The Morgan fingerprint density at radius 3 is 2.58 bits per heavy atom. The zero-order chi connectivity index (χ0) is 13.7. The van der Waals surface area contributed by atoms with Gasteiger partial charge >= 0.3 is 0 Å². The highest BCUT2D eigenvalue weighted by molar-refractivity contribution is 5.51. The number of nitrogens with zero attached hydrogens (tertiary/aromatic N) is 1. The van der Waals surface area contributed by atoms with Gasteiger partial charge in [-0.15, -0.1) is 0 Å². The van der Waals surface area contributed by atoms with Gasteiger partial charge in [-0.05, 0) is 36.2 Å². The van der Waals surface area contributed by atoms with Crippen LogP contribution in [0.3, 0.4) is 0 Å². The summed E-state index contributed by atoms with van der Waals surface area (Å²) in [6, 6.07) is 9.84. The smallest absolute Gasteiger partial charge is 0.118 e. The molecule has 0 aliphatic rings. The van der Waals surface area contributed by atoms with Gasteiger partial charge in [0.2, 0.25) is 0 Å². The zero-order valence-corrected chi connectivity index (χ0v) is 11.2. The van der Waals surface area contributed by atoms with Crippen molar-refractivity contribution in [1.29, 1.82) is 0 Å². The number of nitrogens with one attached hydrogen (secondary N) is 1. The highest BCUT2D eigenvalue weighted by Gasteiger charge is 2.04. The van der Waals surface area contributed by atoms with Crippen LogP contribution in [0.5, 0.6) is 5.75 Å². The molecule has 4 heteroatoms. The largest absolute Gasteiger partial charge is 0.497 e. The van der Waals surface area contributed by atoms with E-state index in [2.05, 4.69) is 10.3 Å². The van der Waals surface area contributed by atoms with E-state index in [1.165, 1.54) is 5.56 Å². The van der Waals surface area contributed by atoms with E-state index < -0.39 is 0 Å². The maximum absolute atomic E-state index is 9.18. The number of hydrogen-bond donors (Lipinski definition) is 2. The van der Waals surface area contributed by atoms with Crippen LogP contribution in [0.1, 0.15) is 16.8 Å². The van der Waals surface area contributed by atoms with Gasteiger partial charge in [0.1, 0.15) is 5.75 Å². The first kappa shape index (κ1) is 13.4. The summed E-state index contributed by atoms with van der Waals surface area (Å²) in [7, 11) is 1.66. The maximum Gasteiger partial charge on any atom is 0.118 e. The number of hydrogen-bond acceptors (Lipinski definition) is 4. The Morgan fingerprint density at radius 1 is 1.21 bits per heavy atom. The predicted octanol–water partition coefficient (Wildman–Crippen LogP) is 2.50. The third-order valence-electron chi connectivity index (χ3n) is 3.10. The Kier molecular flexibility index (Phi) is 4.36. The van der Waals surface area contributed by atoms with Crippen molar-refractivity contribution in [3.05, 3.63) is 53.3 Å². The average Bonchev–Trinajstić information content (AvgIpc) is 2.47. The van der Waals surface area contributed by atoms with Gasteiger partial charge in [-0.1, -0.05) is 12.1 Å². The van der Waals surface area contributed by atoms with Crippen molar-refractivity contribution in [2.75, 3.05) is 12.4 Å². The summed E-state index contributed by atoms with van der Waals surface area (Å²) in [6.07, 6.45) is 1.70. The molecule has 0 aliphatic heterocycles. The topological polar surface area (TPSA) is 54.4 Å². The molecule has 0 radical (unpaired) electrons. The van der Waals surface area contributed by atoms with Gasteiger partial charge in [0.15, 0.2) is 0 Å². The van der Waals surface area contributed by atoms with Crippen LogP contribution in [0, 0.1) is 6.92 Å². The van der Waals surface area contributed by atoms with Crippen molar-refractivity contribution in [2.24, 2.45) is 0 Å². The summed E-state index contributed by atoms with van der Waals surface area (Å²) >= 11 is 0. The predicted molar refractivity (Wildman–Crippen MR) is 75.2 cm³/mol. The molecule has 2 N–H and O–H groups in total. The second-order valence-corrected chi connectivity index (χ2v) is 4.29. The summed E-state index contributed by atoms with van der Waals surface area (Å²) < 4.78 is 5.12. The van der Waals surface area contributed by atoms with Crippen LogP contribution in [-0.4, -0.2) is 17.2 Å². The third-order valence-corrected chi connectivity index (χ3v) is 3.10. The molecule has 100 valence electrons. The number of ether oxygens (including phenoxy) is 1. The van der Waals surface area contributed by atoms with Crippen molar-refractivity contribution >= 4 is 5.69 Å². The molecule has 0 aliphatic carbocycles. The molecule has 0 amide bonds. The molecular weight excluding hydrogens is 240 g/mol. The lowest BCUT2D eigenvalue weighted by atomic mass is 10.1. The highest BCUT2D eigenvalue weighted by Crippen LogP contribution is 2.18. The van der Waals surface area contributed by atoms with Crippen molar-refractivity contribution in [2.45, 2.75) is 20.1 Å². The number of anilines is 1. The fourth-order valence-electron chi connectivity index (χ4n) is 1.87. The fourth-order valence-corrected chi connectivity index (χ4v) is 1.87. The molecule has 0 fully saturated rings. The van der Waals surface area contributed by atoms with E-state index in [0.29, 0.717) is 5.69 Å². The number of rotatable bonds is 5. The molecule has 2 rings (SSSR count). The fraction of sp³-hybridized carbons (Fsp3) is 0.267. The molecular formula is C15H18N2O2. The SMILES string of the molecule is COc1ccc(CNc2ccnc(CO)c2C)cc1. The Balaban J connectivity index is 2.05. The molecule has 1 aromatic heterocycles.